The molecule has 0 N–H and O–H groups in total. The molecular weight excluding hydrogens is 357 g/mol. The van der Waals surface area contributed by atoms with Gasteiger partial charge in [-0.1, -0.05) is 18.2 Å². The number of hydrogen-bond donors (Lipinski definition) is 0. The largest absolute Gasteiger partial charge is 0.337 e. The van der Waals surface area contributed by atoms with Gasteiger partial charge in [-0.25, -0.2) is 4.39 Å². The Balaban J connectivity index is 1.64. The van der Waals surface area contributed by atoms with Gasteiger partial charge in [-0.05, 0) is 42.2 Å². The third kappa shape index (κ3) is 3.51. The Morgan fingerprint density at radius 2 is 1.96 bits per heavy atom. The molecule has 0 saturated carbocycles. The van der Waals surface area contributed by atoms with E-state index in [9.17, 15) is 14.0 Å². The van der Waals surface area contributed by atoms with Crippen LogP contribution in [0, 0.1) is 5.82 Å². The van der Waals surface area contributed by atoms with E-state index in [0.29, 0.717) is 19.5 Å². The third-order valence-corrected chi connectivity index (χ3v) is 5.96. The van der Waals surface area contributed by atoms with E-state index in [2.05, 4.69) is 4.98 Å². The molecule has 1 aromatic carbocycles. The minimum Gasteiger partial charge on any atom is -0.337 e. The fourth-order valence-corrected chi connectivity index (χ4v) is 4.72. The first-order valence-electron chi connectivity index (χ1n) is 9.75. The molecule has 28 heavy (non-hydrogen) atoms. The van der Waals surface area contributed by atoms with E-state index >= 15 is 0 Å². The SMILES string of the molecule is CC(=O)N1CCC[C@@H]2[C@H]1[C@@H](c1ccc(F)cc1)CN2C(=O)Cc1cccnc1. The lowest BCUT2D eigenvalue weighted by Gasteiger charge is -2.41. The molecule has 1 aromatic heterocycles. The summed E-state index contributed by atoms with van der Waals surface area (Å²) >= 11 is 0. The van der Waals surface area contributed by atoms with Crippen molar-refractivity contribution in [3.63, 3.8) is 0 Å². The number of rotatable bonds is 3. The first-order chi connectivity index (χ1) is 13.5. The second kappa shape index (κ2) is 7.70. The number of benzene rings is 1. The molecule has 2 aliphatic heterocycles. The lowest BCUT2D eigenvalue weighted by Crippen LogP contribution is -2.53. The molecule has 146 valence electrons. The van der Waals surface area contributed by atoms with Crippen LogP contribution in [0.2, 0.25) is 0 Å². The maximum absolute atomic E-state index is 13.4. The number of halogens is 1. The van der Waals surface area contributed by atoms with Crippen molar-refractivity contribution < 1.29 is 14.0 Å². The zero-order chi connectivity index (χ0) is 19.7. The Hall–Kier alpha value is -2.76. The predicted octanol–water partition coefficient (Wildman–Crippen LogP) is 2.77. The molecule has 2 aromatic rings. The van der Waals surface area contributed by atoms with Crippen LogP contribution in [0.4, 0.5) is 4.39 Å². The monoisotopic (exact) mass is 381 g/mol. The number of carbonyl (C=O) groups is 2. The van der Waals surface area contributed by atoms with Crippen molar-refractivity contribution in [2.45, 2.75) is 44.2 Å². The maximum atomic E-state index is 13.4. The molecular formula is C22H24FN3O2. The Morgan fingerprint density at radius 3 is 2.64 bits per heavy atom. The number of piperidine rings is 1. The Kier molecular flexibility index (Phi) is 5.11. The summed E-state index contributed by atoms with van der Waals surface area (Å²) in [7, 11) is 0. The number of amides is 2. The molecule has 0 aliphatic carbocycles. The summed E-state index contributed by atoms with van der Waals surface area (Å²) in [5.41, 5.74) is 1.86. The highest BCUT2D eigenvalue weighted by molar-refractivity contribution is 5.80. The second-order valence-corrected chi connectivity index (χ2v) is 7.65. The Labute approximate surface area is 164 Å². The van der Waals surface area contributed by atoms with Crippen molar-refractivity contribution in [1.29, 1.82) is 0 Å². The van der Waals surface area contributed by atoms with E-state index in [1.807, 2.05) is 21.9 Å². The van der Waals surface area contributed by atoms with Crippen LogP contribution in [0.15, 0.2) is 48.8 Å². The summed E-state index contributed by atoms with van der Waals surface area (Å²) in [4.78, 5) is 33.3. The first kappa shape index (κ1) is 18.6. The average molecular weight is 381 g/mol. The molecule has 4 rings (SSSR count). The fourth-order valence-electron chi connectivity index (χ4n) is 4.72. The van der Waals surface area contributed by atoms with Crippen LogP contribution in [0.5, 0.6) is 0 Å². The minimum atomic E-state index is -0.283. The Bertz CT molecular complexity index is 856. The standard InChI is InChI=1S/C22H24FN3O2/c1-15(27)25-11-3-5-20-22(25)19(17-6-8-18(23)9-7-17)14-26(20)21(28)12-16-4-2-10-24-13-16/h2,4,6-10,13,19-20,22H,3,5,11-12,14H2,1H3/t19-,20-,22-/m1/s1. The molecule has 3 heterocycles. The molecule has 6 heteroatoms. The lowest BCUT2D eigenvalue weighted by atomic mass is 9.86. The topological polar surface area (TPSA) is 53.5 Å². The average Bonchev–Trinajstić information content (AvgIpc) is 3.09. The smallest absolute Gasteiger partial charge is 0.227 e. The molecule has 2 saturated heterocycles. The minimum absolute atomic E-state index is 0.00289. The van der Waals surface area contributed by atoms with Crippen LogP contribution in [-0.2, 0) is 16.0 Å². The van der Waals surface area contributed by atoms with Crippen LogP contribution in [0.3, 0.4) is 0 Å². The van der Waals surface area contributed by atoms with Gasteiger partial charge >= 0.3 is 0 Å². The highest BCUT2D eigenvalue weighted by Crippen LogP contribution is 2.40. The van der Waals surface area contributed by atoms with Crippen molar-refractivity contribution in [2.24, 2.45) is 0 Å². The van der Waals surface area contributed by atoms with Crippen LogP contribution in [0.25, 0.3) is 0 Å². The molecule has 0 bridgehead atoms. The van der Waals surface area contributed by atoms with Crippen molar-refractivity contribution >= 4 is 11.8 Å². The van der Waals surface area contributed by atoms with E-state index in [-0.39, 0.29) is 35.6 Å². The number of carbonyl (C=O) groups excluding carboxylic acids is 2. The number of hydrogen-bond acceptors (Lipinski definition) is 3. The van der Waals surface area contributed by atoms with Crippen LogP contribution >= 0.6 is 0 Å². The molecule has 0 spiro atoms. The molecule has 3 atom stereocenters. The fraction of sp³-hybridized carbons (Fsp3) is 0.409. The van der Waals surface area contributed by atoms with Gasteiger partial charge in [0.15, 0.2) is 0 Å². The van der Waals surface area contributed by atoms with Gasteiger partial charge in [0.05, 0.1) is 18.5 Å². The molecule has 0 radical (unpaired) electrons. The lowest BCUT2D eigenvalue weighted by molar-refractivity contribution is -0.137. The van der Waals surface area contributed by atoms with Crippen molar-refractivity contribution in [1.82, 2.24) is 14.8 Å². The van der Waals surface area contributed by atoms with Crippen LogP contribution in [-0.4, -0.2) is 51.8 Å². The van der Waals surface area contributed by atoms with Gasteiger partial charge in [0, 0.05) is 38.3 Å². The van der Waals surface area contributed by atoms with Gasteiger partial charge < -0.3 is 9.80 Å². The normalized spacial score (nSPS) is 24.1. The zero-order valence-corrected chi connectivity index (χ0v) is 15.9. The summed E-state index contributed by atoms with van der Waals surface area (Å²) in [5.74, 6) is -0.205. The summed E-state index contributed by atoms with van der Waals surface area (Å²) in [6.07, 6.45) is 5.47. The summed E-state index contributed by atoms with van der Waals surface area (Å²) in [5, 5.41) is 0. The van der Waals surface area contributed by atoms with Gasteiger partial charge in [-0.2, -0.15) is 0 Å². The van der Waals surface area contributed by atoms with Crippen molar-refractivity contribution in [3.05, 3.63) is 65.7 Å². The van der Waals surface area contributed by atoms with E-state index in [1.165, 1.54) is 12.1 Å². The van der Waals surface area contributed by atoms with E-state index in [0.717, 1.165) is 24.0 Å². The quantitative estimate of drug-likeness (QED) is 0.822. The number of likely N-dealkylation sites (tertiary alicyclic amines) is 2. The summed E-state index contributed by atoms with van der Waals surface area (Å²) < 4.78 is 13.4. The molecule has 2 amide bonds. The maximum Gasteiger partial charge on any atom is 0.227 e. The van der Waals surface area contributed by atoms with Gasteiger partial charge in [0.25, 0.3) is 0 Å². The van der Waals surface area contributed by atoms with Gasteiger partial charge in [0.2, 0.25) is 11.8 Å². The number of pyridine rings is 1. The molecule has 0 unspecified atom stereocenters. The predicted molar refractivity (Wildman–Crippen MR) is 103 cm³/mol. The number of fused-ring (bicyclic) bond motifs is 1. The van der Waals surface area contributed by atoms with Gasteiger partial charge in [-0.15, -0.1) is 0 Å². The van der Waals surface area contributed by atoms with E-state index in [4.69, 9.17) is 0 Å². The first-order valence-corrected chi connectivity index (χ1v) is 9.75. The van der Waals surface area contributed by atoms with Crippen molar-refractivity contribution in [3.8, 4) is 0 Å². The summed E-state index contributed by atoms with van der Waals surface area (Å²) in [6.45, 7) is 2.84. The highest BCUT2D eigenvalue weighted by atomic mass is 19.1. The van der Waals surface area contributed by atoms with Crippen molar-refractivity contribution in [2.75, 3.05) is 13.1 Å². The zero-order valence-electron chi connectivity index (χ0n) is 15.9. The molecule has 2 fully saturated rings. The summed E-state index contributed by atoms with van der Waals surface area (Å²) in [6, 6.07) is 10.1. The highest BCUT2D eigenvalue weighted by Gasteiger charge is 2.49. The van der Waals surface area contributed by atoms with Crippen LogP contribution in [0.1, 0.15) is 36.8 Å². The number of aromatic nitrogens is 1. The van der Waals surface area contributed by atoms with Crippen LogP contribution < -0.4 is 0 Å². The van der Waals surface area contributed by atoms with Gasteiger partial charge in [-0.3, -0.25) is 14.6 Å². The van der Waals surface area contributed by atoms with Gasteiger partial charge in [0.1, 0.15) is 5.82 Å². The molecule has 2 aliphatic rings. The van der Waals surface area contributed by atoms with E-state index in [1.54, 1.807) is 31.5 Å². The Morgan fingerprint density at radius 1 is 1.18 bits per heavy atom. The molecule has 5 nitrogen and oxygen atoms in total. The number of nitrogens with zero attached hydrogens (tertiary/aromatic N) is 3. The van der Waals surface area contributed by atoms with E-state index < -0.39 is 0 Å². The second-order valence-electron chi connectivity index (χ2n) is 7.65. The third-order valence-electron chi connectivity index (χ3n) is 5.96.